The molecule has 1 fully saturated rings. The minimum absolute atomic E-state index is 0.0947. The van der Waals surface area contributed by atoms with Crippen molar-refractivity contribution in [3.05, 3.63) is 59.7 Å². The molecule has 1 heterocycles. The lowest BCUT2D eigenvalue weighted by molar-refractivity contribution is -0.144. The van der Waals surface area contributed by atoms with Gasteiger partial charge in [-0.3, -0.25) is 80.0 Å². The van der Waals surface area contributed by atoms with Gasteiger partial charge in [0.05, 0.1) is 59.7 Å². The van der Waals surface area contributed by atoms with E-state index in [1.165, 1.54) is 62.4 Å². The largest absolute Gasteiger partial charge is 0.508 e. The minimum atomic E-state index is -2.05. The Labute approximate surface area is 747 Å². The number of phenolic OH excluding ortho intramolecular Hbond substituents is 2. The first-order valence-electron chi connectivity index (χ1n) is 40.2. The maximum Gasteiger partial charge on any atom is 0.326 e. The van der Waals surface area contributed by atoms with E-state index in [2.05, 4.69) is 94.1 Å². The molecule has 1 saturated heterocycles. The summed E-state index contributed by atoms with van der Waals surface area (Å²) < 4.78 is -0.473. The van der Waals surface area contributed by atoms with Crippen molar-refractivity contribution in [1.29, 1.82) is 0 Å². The van der Waals surface area contributed by atoms with Crippen LogP contribution in [-0.2, 0) is 89.6 Å². The second kappa shape index (κ2) is 53.4. The van der Waals surface area contributed by atoms with Crippen LogP contribution in [-0.4, -0.2) is 309 Å². The van der Waals surface area contributed by atoms with E-state index in [0.29, 0.717) is 17.5 Å². The summed E-state index contributed by atoms with van der Waals surface area (Å²) in [6.45, 7) is 8.31. The summed E-state index contributed by atoms with van der Waals surface area (Å²) in [5.41, 5.74) is 47.0. The summed E-state index contributed by atoms with van der Waals surface area (Å²) in [5.74, 6) is -19.3. The number of aliphatic carboxylic acids is 1. The molecule has 0 saturated carbocycles. The number of phenols is 2. The van der Waals surface area contributed by atoms with Crippen molar-refractivity contribution in [2.24, 2.45) is 56.8 Å². The normalized spacial score (nSPS) is 17.3. The monoisotopic (exact) mass is 1920 g/mol. The number of carboxylic acids is 1. The fourth-order valence-electron chi connectivity index (χ4n) is 12.7. The zero-order chi connectivity index (χ0) is 94.6. The average Bonchev–Trinajstić information content (AvgIpc) is 1.60. The van der Waals surface area contributed by atoms with E-state index in [1.807, 2.05) is 0 Å². The number of halogens is 1. The van der Waals surface area contributed by atoms with E-state index in [9.17, 15) is 112 Å². The molecule has 19 atom stereocenters. The van der Waals surface area contributed by atoms with Crippen LogP contribution in [0, 0.1) is 5.92 Å². The van der Waals surface area contributed by atoms with Crippen molar-refractivity contribution >= 4 is 149 Å². The molecule has 2 aromatic carbocycles. The van der Waals surface area contributed by atoms with Crippen molar-refractivity contribution in [2.45, 2.75) is 245 Å². The fourth-order valence-corrected chi connectivity index (χ4v) is 14.7. The number of guanidine groups is 1. The number of nitrogens with zero attached hydrogens (tertiary/aromatic N) is 3. The maximum absolute atomic E-state index is 14.7. The Morgan fingerprint density at radius 2 is 0.840 bits per heavy atom. The van der Waals surface area contributed by atoms with Crippen molar-refractivity contribution in [3.8, 4) is 11.5 Å². The molecule has 0 radical (unpaired) electrons. The number of thiol groups is 2. The number of carboxylic acid groups (broad SMARTS) is 1. The number of hydrogen-bond acceptors (Lipinski definition) is 30. The van der Waals surface area contributed by atoms with Crippen LogP contribution in [0.4, 0.5) is 0 Å². The van der Waals surface area contributed by atoms with Gasteiger partial charge in [0.2, 0.25) is 82.7 Å². The van der Waals surface area contributed by atoms with E-state index in [0.717, 1.165) is 28.8 Å². The fraction of sp³-hybridized carbons (Fsp3) is 0.618. The van der Waals surface area contributed by atoms with Gasteiger partial charge in [0.1, 0.15) is 96.1 Å². The molecule has 0 spiro atoms. The molecule has 46 nitrogen and oxygen atoms in total. The zero-order valence-corrected chi connectivity index (χ0v) is 74.4. The lowest BCUT2D eigenvalue weighted by atomic mass is 9.98. The predicted octanol–water partition coefficient (Wildman–Crippen LogP) is -9.84. The van der Waals surface area contributed by atoms with Gasteiger partial charge in [0.25, 0.3) is 5.91 Å². The van der Waals surface area contributed by atoms with Crippen LogP contribution >= 0.6 is 48.1 Å². The maximum atomic E-state index is 14.7. The van der Waals surface area contributed by atoms with Crippen molar-refractivity contribution in [2.75, 3.05) is 45.0 Å². The number of aliphatic hydroxyl groups is 4. The molecule has 125 heavy (non-hydrogen) atoms. The Balaban J connectivity index is 1.91. The number of carbonyl (C=O) groups is 16. The molecule has 3 rings (SSSR count). The average molecular weight is 1920 g/mol. The number of β-amino-alcohol motifs (C(OH)–C–C–N with tert-alkyl or cyclic N) is 1. The number of aliphatic hydroxyl groups excluding tert-OH is 4. The molecule has 0 aliphatic carbocycles. The standard InChI is InChI=1S/C76H124IN23O23S2/c1-35(2)55(83)73(121)99-33-43(106)31-53(99)72(120)100(77)59(76(6,7)125)71(119)93-49(29-39-13-17-41(104)18-14-39)66(114)98-57(37(4)102)69(117)92-50(32-54(82)107)65(113)88-45(12-10-28-86-75(84)85)61(109)90-48(23-27-81)63(111)96-56(36(3)101)68(116)91-46(21-25-79)62(110)87-44(11-8-9-24-78)60(108)89-47(22-26-80)64(112)97-58(38(5)103)70(118)95-52(34-124)67(115)94-51(74(122)123)30-40-15-19-42(105)20-16-40/h13-20,35-38,43-53,55-59,101-106,124-125H,8-12,21-34,78-81,83H2,1-7H3,(H2,82,107)(H,87,110)(H,88,113)(H,89,108)(H,90,109)(H,91,116)(H,92,117)(H,93,119)(H,94,115)(H,95,118)(H,96,111)(H,97,112)(H,98,114)(H,122,123)(H4,84,85,86)/t36-,37-,38-,43-,44+,45+,46-,47+,48+,49+,50+,51+,52+,53+,55+,56+,57+,58+,59-/m1/s1. The molecule has 0 aromatic heterocycles. The van der Waals surface area contributed by atoms with E-state index < -0.39 is 239 Å². The number of likely N-dealkylation sites (tertiary alicyclic amines) is 1. The van der Waals surface area contributed by atoms with E-state index in [1.54, 1.807) is 36.7 Å². The molecule has 0 bridgehead atoms. The first-order chi connectivity index (χ1) is 58.5. The van der Waals surface area contributed by atoms with E-state index in [4.69, 9.17) is 45.9 Å². The van der Waals surface area contributed by atoms with Gasteiger partial charge in [-0.2, -0.15) is 25.3 Å². The Morgan fingerprint density at radius 3 is 1.21 bits per heavy atom. The smallest absolute Gasteiger partial charge is 0.326 e. The number of unbranched alkanes of at least 4 members (excludes halogenated alkanes) is 1. The second-order valence-corrected chi connectivity index (χ2v) is 33.6. The van der Waals surface area contributed by atoms with Crippen molar-refractivity contribution < 1.29 is 112 Å². The lowest BCUT2D eigenvalue weighted by Gasteiger charge is -2.38. The van der Waals surface area contributed by atoms with Crippen LogP contribution in [0.1, 0.15) is 124 Å². The number of amides is 15. The number of aromatic hydroxyl groups is 2. The first-order valence-corrected chi connectivity index (χ1v) is 42.3. The predicted molar refractivity (Wildman–Crippen MR) is 468 cm³/mol. The van der Waals surface area contributed by atoms with Crippen molar-refractivity contribution in [1.82, 2.24) is 71.8 Å². The molecule has 1 aliphatic rings. The van der Waals surface area contributed by atoms with Gasteiger partial charge in [0, 0.05) is 42.9 Å². The number of primary amides is 1. The molecule has 35 N–H and O–H groups in total. The van der Waals surface area contributed by atoms with Gasteiger partial charge in [-0.05, 0) is 153 Å². The van der Waals surface area contributed by atoms with Crippen LogP contribution in [0.25, 0.3) is 0 Å². The third-order valence-corrected chi connectivity index (χ3v) is 21.3. The molecular formula is C76H124IN23O23S2. The zero-order valence-electron chi connectivity index (χ0n) is 70.5. The van der Waals surface area contributed by atoms with Gasteiger partial charge in [-0.15, -0.1) is 0 Å². The molecule has 49 heteroatoms. The molecule has 700 valence electrons. The van der Waals surface area contributed by atoms with Crippen LogP contribution in [0.3, 0.4) is 0 Å². The Hall–Kier alpha value is -10.1. The third-order valence-electron chi connectivity index (χ3n) is 19.7. The molecule has 1 aliphatic heterocycles. The van der Waals surface area contributed by atoms with Gasteiger partial charge >= 0.3 is 5.97 Å². The summed E-state index contributed by atoms with van der Waals surface area (Å²) in [5, 5.41) is 102. The van der Waals surface area contributed by atoms with E-state index >= 15 is 0 Å². The second-order valence-electron chi connectivity index (χ2n) is 31.0. The van der Waals surface area contributed by atoms with Gasteiger partial charge in [0.15, 0.2) is 5.96 Å². The molecule has 15 amide bonds. The highest BCUT2D eigenvalue weighted by molar-refractivity contribution is 14.1. The van der Waals surface area contributed by atoms with Crippen LogP contribution in [0.15, 0.2) is 53.5 Å². The number of nitrogens with one attached hydrogen (secondary N) is 12. The number of hydrogen-bond donors (Lipinski definition) is 29. The van der Waals surface area contributed by atoms with Gasteiger partial charge in [-0.1, -0.05) is 38.1 Å². The number of aliphatic imine (C=N–C) groups is 1. The molecular weight excluding hydrogens is 1790 g/mol. The van der Waals surface area contributed by atoms with Crippen LogP contribution < -0.4 is 110 Å². The summed E-state index contributed by atoms with van der Waals surface area (Å²) in [4.78, 5) is 229. The highest BCUT2D eigenvalue weighted by Crippen LogP contribution is 2.31. The number of carbonyl (C=O) groups excluding carboxylic acids is 15. The Morgan fingerprint density at radius 1 is 0.496 bits per heavy atom. The molecule has 0 unspecified atom stereocenters. The summed E-state index contributed by atoms with van der Waals surface area (Å²) in [7, 11) is 0. The highest BCUT2D eigenvalue weighted by atomic mass is 127. The quantitative estimate of drug-likeness (QED) is 0.00730. The SMILES string of the molecule is CC(C)[C@H](N)C(=O)N1C[C@H](O)C[C@H]1C(=O)N(I)[C@H](C(=O)N[C@@H](Cc1ccc(O)cc1)C(=O)N[C@H](C(=O)N[C@@H](CC(N)=O)C(=O)N[C@@H](CCCN=C(N)N)C(=O)N[C@@H](CCN)C(=O)N[C@H](C(=O)N[C@H](CCN)C(=O)N[C@@H](CCCCN)C(=O)N[C@@H](CCN)C(=O)N[C@H](C(=O)N[C@@H](CS)C(=O)N[C@@H](Cc1ccc(O)cc1)C(=O)O)[C@@H](C)O)[C@@H](C)O)[C@@H](C)O)C(C)(C)S. The molecule has 2 aromatic rings. The lowest BCUT2D eigenvalue weighted by Crippen LogP contribution is -2.63. The van der Waals surface area contributed by atoms with Crippen LogP contribution in [0.5, 0.6) is 11.5 Å². The number of rotatable bonds is 54. The minimum Gasteiger partial charge on any atom is -0.508 e. The summed E-state index contributed by atoms with van der Waals surface area (Å²) >= 11 is 10.3. The third kappa shape index (κ3) is 36.1. The highest BCUT2D eigenvalue weighted by Gasteiger charge is 2.49. The summed E-state index contributed by atoms with van der Waals surface area (Å²) in [6.07, 6.45) is -9.63. The van der Waals surface area contributed by atoms with Crippen molar-refractivity contribution in [3.63, 3.8) is 0 Å². The van der Waals surface area contributed by atoms with Gasteiger partial charge < -0.3 is 150 Å². The first kappa shape index (κ1) is 109. The Kier molecular flexibility index (Phi) is 46.6. The van der Waals surface area contributed by atoms with Gasteiger partial charge in [-0.25, -0.2) is 4.79 Å². The van der Waals surface area contributed by atoms with Crippen LogP contribution in [0.2, 0.25) is 0 Å². The Bertz CT molecular complexity index is 4020. The van der Waals surface area contributed by atoms with E-state index in [-0.39, 0.29) is 114 Å². The number of nitrogens with two attached hydrogens (primary N) is 8. The number of benzene rings is 2. The summed E-state index contributed by atoms with van der Waals surface area (Å²) in [6, 6.07) is -14.1. The topological polar surface area (TPSA) is 786 Å².